The van der Waals surface area contributed by atoms with Crippen LogP contribution in [0.5, 0.6) is 0 Å². The van der Waals surface area contributed by atoms with E-state index < -0.39 is 47.6 Å². The molecule has 0 fully saturated rings. The van der Waals surface area contributed by atoms with Crippen LogP contribution >= 0.6 is 0 Å². The third-order valence-electron chi connectivity index (χ3n) is 6.99. The second kappa shape index (κ2) is 14.5. The van der Waals surface area contributed by atoms with Crippen LogP contribution in [-0.2, 0) is 36.7 Å². The van der Waals surface area contributed by atoms with Crippen molar-refractivity contribution in [3.05, 3.63) is 71.9 Å². The second-order valence-electron chi connectivity index (χ2n) is 11.4. The Bertz CT molecular complexity index is 1360. The molecule has 226 valence electrons. The number of aromatic nitrogens is 1. The number of para-hydroxylation sites is 1. The van der Waals surface area contributed by atoms with Crippen molar-refractivity contribution >= 4 is 34.8 Å². The van der Waals surface area contributed by atoms with Crippen molar-refractivity contribution in [2.75, 3.05) is 7.11 Å². The molecule has 4 N–H and O–H groups in total. The predicted octanol–water partition coefficient (Wildman–Crippen LogP) is 4.04. The number of hydrogen-bond donors (Lipinski definition) is 4. The van der Waals surface area contributed by atoms with Crippen LogP contribution in [0.25, 0.3) is 10.9 Å². The number of H-pyrrole nitrogens is 1. The number of aromatic amines is 1. The lowest BCUT2D eigenvalue weighted by molar-refractivity contribution is -0.147. The first-order valence-electron chi connectivity index (χ1n) is 14.2. The van der Waals surface area contributed by atoms with Crippen molar-refractivity contribution in [3.63, 3.8) is 0 Å². The molecule has 1 aromatic heterocycles. The molecule has 0 saturated heterocycles. The monoisotopic (exact) mass is 578 g/mol. The summed E-state index contributed by atoms with van der Waals surface area (Å²) in [4.78, 5) is 55.9. The van der Waals surface area contributed by atoms with Crippen molar-refractivity contribution in [2.45, 2.75) is 77.6 Å². The molecule has 0 aliphatic heterocycles. The zero-order chi connectivity index (χ0) is 30.9. The van der Waals surface area contributed by atoms with Gasteiger partial charge in [0.05, 0.1) is 7.11 Å². The zero-order valence-corrected chi connectivity index (χ0v) is 25.2. The Balaban J connectivity index is 1.92. The van der Waals surface area contributed by atoms with Gasteiger partial charge in [0.25, 0.3) is 0 Å². The van der Waals surface area contributed by atoms with E-state index in [0.717, 1.165) is 22.0 Å². The van der Waals surface area contributed by atoms with Gasteiger partial charge in [-0.05, 0) is 43.9 Å². The molecule has 3 aromatic rings. The van der Waals surface area contributed by atoms with Crippen molar-refractivity contribution in [3.8, 4) is 0 Å². The van der Waals surface area contributed by atoms with E-state index in [-0.39, 0.29) is 18.8 Å². The van der Waals surface area contributed by atoms with Gasteiger partial charge in [0.15, 0.2) is 0 Å². The Morgan fingerprint density at radius 1 is 0.857 bits per heavy atom. The van der Waals surface area contributed by atoms with E-state index >= 15 is 0 Å². The third kappa shape index (κ3) is 9.09. The van der Waals surface area contributed by atoms with E-state index in [1.165, 1.54) is 7.11 Å². The number of esters is 1. The van der Waals surface area contributed by atoms with Gasteiger partial charge in [-0.15, -0.1) is 0 Å². The standard InChI is InChI=1S/C32H42N4O6/c1-7-20(2)27(30(39)41-6)36-29(38)26(18-22-19-33-24-16-12-11-15-23(22)24)34-28(37)25(17-21-13-9-8-10-14-21)35-31(40)42-32(3,4)5/h8-16,19-20,25-27,33H,7,17-18H2,1-6H3,(H,34,37)(H,35,40)(H,36,38)/t20-,25-,26-,27-/m0/s1. The fourth-order valence-corrected chi connectivity index (χ4v) is 4.56. The average molecular weight is 579 g/mol. The number of carbonyl (C=O) groups excluding carboxylic acids is 4. The van der Waals surface area contributed by atoms with Crippen LogP contribution in [0.2, 0.25) is 0 Å². The molecule has 3 amide bonds. The van der Waals surface area contributed by atoms with Crippen LogP contribution in [-0.4, -0.2) is 59.7 Å². The summed E-state index contributed by atoms with van der Waals surface area (Å²) < 4.78 is 10.3. The number of carbonyl (C=O) groups is 4. The van der Waals surface area contributed by atoms with Gasteiger partial charge in [0, 0.05) is 29.9 Å². The molecule has 3 rings (SSSR count). The summed E-state index contributed by atoms with van der Waals surface area (Å²) in [6.07, 6.45) is 1.98. The highest BCUT2D eigenvalue weighted by atomic mass is 16.6. The Hall–Kier alpha value is -4.34. The minimum absolute atomic E-state index is 0.139. The van der Waals surface area contributed by atoms with Crippen LogP contribution < -0.4 is 16.0 Å². The largest absolute Gasteiger partial charge is 0.467 e. The normalized spacial score (nSPS) is 14.2. The summed E-state index contributed by atoms with van der Waals surface area (Å²) in [6.45, 7) is 8.95. The first kappa shape index (κ1) is 32.2. The van der Waals surface area contributed by atoms with Crippen molar-refractivity contribution in [1.82, 2.24) is 20.9 Å². The van der Waals surface area contributed by atoms with Gasteiger partial charge in [0.2, 0.25) is 11.8 Å². The molecular formula is C32H42N4O6. The second-order valence-corrected chi connectivity index (χ2v) is 11.4. The van der Waals surface area contributed by atoms with Gasteiger partial charge >= 0.3 is 12.1 Å². The van der Waals surface area contributed by atoms with Gasteiger partial charge in [-0.1, -0.05) is 68.8 Å². The highest BCUT2D eigenvalue weighted by molar-refractivity contribution is 5.94. The number of fused-ring (bicyclic) bond motifs is 1. The van der Waals surface area contributed by atoms with Crippen LogP contribution in [0.4, 0.5) is 4.79 Å². The summed E-state index contributed by atoms with van der Waals surface area (Å²) in [5.41, 5.74) is 1.74. The number of ether oxygens (including phenoxy) is 2. The number of methoxy groups -OCH3 is 1. The molecule has 0 unspecified atom stereocenters. The van der Waals surface area contributed by atoms with Crippen molar-refractivity contribution in [2.24, 2.45) is 5.92 Å². The summed E-state index contributed by atoms with van der Waals surface area (Å²) in [6, 6.07) is 13.9. The van der Waals surface area contributed by atoms with E-state index in [1.54, 1.807) is 27.0 Å². The quantitative estimate of drug-likeness (QED) is 0.239. The van der Waals surface area contributed by atoms with Crippen molar-refractivity contribution < 1.29 is 28.7 Å². The molecule has 0 spiro atoms. The highest BCUT2D eigenvalue weighted by Crippen LogP contribution is 2.20. The minimum Gasteiger partial charge on any atom is -0.467 e. The molecule has 0 radical (unpaired) electrons. The number of alkyl carbamates (subject to hydrolysis) is 1. The zero-order valence-electron chi connectivity index (χ0n) is 25.2. The Kier molecular flexibility index (Phi) is 11.1. The lowest BCUT2D eigenvalue weighted by Gasteiger charge is -2.27. The van der Waals surface area contributed by atoms with Crippen LogP contribution in [0, 0.1) is 5.92 Å². The van der Waals surface area contributed by atoms with E-state index in [9.17, 15) is 19.2 Å². The van der Waals surface area contributed by atoms with E-state index in [2.05, 4.69) is 20.9 Å². The number of nitrogens with one attached hydrogen (secondary N) is 4. The van der Waals surface area contributed by atoms with Crippen LogP contribution in [0.15, 0.2) is 60.8 Å². The summed E-state index contributed by atoms with van der Waals surface area (Å²) in [7, 11) is 1.27. The minimum atomic E-state index is -1.06. The molecule has 0 aliphatic rings. The number of benzene rings is 2. The van der Waals surface area contributed by atoms with E-state index in [4.69, 9.17) is 9.47 Å². The van der Waals surface area contributed by atoms with Gasteiger partial charge in [-0.2, -0.15) is 0 Å². The molecule has 4 atom stereocenters. The maximum Gasteiger partial charge on any atom is 0.408 e. The third-order valence-corrected chi connectivity index (χ3v) is 6.99. The first-order chi connectivity index (χ1) is 19.9. The van der Waals surface area contributed by atoms with Crippen molar-refractivity contribution in [1.29, 1.82) is 0 Å². The number of amides is 3. The molecule has 42 heavy (non-hydrogen) atoms. The number of hydrogen-bond acceptors (Lipinski definition) is 6. The SMILES string of the molecule is CC[C@H](C)[C@H](NC(=O)[C@H](Cc1c[nH]c2ccccc12)NC(=O)[C@H](Cc1ccccc1)NC(=O)OC(C)(C)C)C(=O)OC. The Morgan fingerprint density at radius 3 is 2.12 bits per heavy atom. The topological polar surface area (TPSA) is 139 Å². The molecule has 2 aromatic carbocycles. The molecule has 10 nitrogen and oxygen atoms in total. The maximum absolute atomic E-state index is 13.8. The first-order valence-corrected chi connectivity index (χ1v) is 14.2. The van der Waals surface area contributed by atoms with Gasteiger partial charge in [0.1, 0.15) is 23.7 Å². The lowest BCUT2D eigenvalue weighted by atomic mass is 9.97. The number of rotatable bonds is 12. The Labute approximate surface area is 246 Å². The van der Waals surface area contributed by atoms with E-state index in [0.29, 0.717) is 6.42 Å². The molecule has 10 heteroatoms. The maximum atomic E-state index is 13.8. The van der Waals surface area contributed by atoms with Gasteiger partial charge in [-0.25, -0.2) is 9.59 Å². The summed E-state index contributed by atoms with van der Waals surface area (Å²) in [5.74, 6) is -1.88. The van der Waals surface area contributed by atoms with Crippen LogP contribution in [0.1, 0.15) is 52.2 Å². The lowest BCUT2D eigenvalue weighted by Crippen LogP contribution is -2.58. The van der Waals surface area contributed by atoms with Crippen LogP contribution in [0.3, 0.4) is 0 Å². The molecule has 1 heterocycles. The molecular weight excluding hydrogens is 536 g/mol. The highest BCUT2D eigenvalue weighted by Gasteiger charge is 2.33. The molecule has 0 aliphatic carbocycles. The molecule has 0 bridgehead atoms. The fraction of sp³-hybridized carbons (Fsp3) is 0.438. The molecule has 0 saturated carbocycles. The fourth-order valence-electron chi connectivity index (χ4n) is 4.56. The predicted molar refractivity (Wildman–Crippen MR) is 161 cm³/mol. The Morgan fingerprint density at radius 2 is 1.48 bits per heavy atom. The average Bonchev–Trinajstić information content (AvgIpc) is 3.36. The van der Waals surface area contributed by atoms with Gasteiger partial charge < -0.3 is 30.4 Å². The summed E-state index contributed by atoms with van der Waals surface area (Å²) in [5, 5.41) is 9.21. The van der Waals surface area contributed by atoms with E-state index in [1.807, 2.05) is 68.4 Å². The van der Waals surface area contributed by atoms with Gasteiger partial charge in [-0.3, -0.25) is 9.59 Å². The summed E-state index contributed by atoms with van der Waals surface area (Å²) >= 11 is 0. The smallest absolute Gasteiger partial charge is 0.408 e.